The third-order valence-corrected chi connectivity index (χ3v) is 3.89. The van der Waals surface area contributed by atoms with Gasteiger partial charge in [-0.15, -0.1) is 10.2 Å². The van der Waals surface area contributed by atoms with Gasteiger partial charge in [0.05, 0.1) is 0 Å². The molecule has 0 bridgehead atoms. The Bertz CT molecular complexity index is 445. The molecular weight excluding hydrogens is 257 g/mol. The first-order valence-corrected chi connectivity index (χ1v) is 6.45. The monoisotopic (exact) mass is 272 g/mol. The molecule has 4 nitrogen and oxygen atoms in total. The molecule has 104 valence electrons. The van der Waals surface area contributed by atoms with Crippen LogP contribution in [0.4, 0.5) is 19.0 Å². The van der Waals surface area contributed by atoms with Crippen LogP contribution < -0.4 is 5.32 Å². The lowest BCUT2D eigenvalue weighted by Crippen LogP contribution is -2.34. The van der Waals surface area contributed by atoms with E-state index in [1.807, 2.05) is 0 Å². The third-order valence-electron chi connectivity index (χ3n) is 3.89. The van der Waals surface area contributed by atoms with Crippen LogP contribution in [0.2, 0.25) is 0 Å². The minimum atomic E-state index is -4.43. The molecular formula is C12H15F3N4. The van der Waals surface area contributed by atoms with Crippen LogP contribution in [-0.4, -0.2) is 40.3 Å². The molecule has 2 saturated heterocycles. The van der Waals surface area contributed by atoms with Crippen LogP contribution in [0, 0.1) is 0 Å². The van der Waals surface area contributed by atoms with Crippen molar-refractivity contribution >= 4 is 5.82 Å². The molecule has 0 amide bonds. The number of aromatic nitrogens is 2. The van der Waals surface area contributed by atoms with Crippen LogP contribution in [0.3, 0.4) is 0 Å². The number of nitrogens with one attached hydrogen (secondary N) is 1. The number of alkyl halides is 3. The first-order chi connectivity index (χ1) is 9.04. The van der Waals surface area contributed by atoms with E-state index in [4.69, 9.17) is 0 Å². The first-order valence-electron chi connectivity index (χ1n) is 6.45. The number of rotatable bonds is 2. The van der Waals surface area contributed by atoms with Gasteiger partial charge in [-0.25, -0.2) is 0 Å². The van der Waals surface area contributed by atoms with Crippen molar-refractivity contribution in [3.63, 3.8) is 0 Å². The zero-order valence-corrected chi connectivity index (χ0v) is 10.3. The molecule has 2 aliphatic rings. The van der Waals surface area contributed by atoms with Gasteiger partial charge in [-0.05, 0) is 37.9 Å². The summed E-state index contributed by atoms with van der Waals surface area (Å²) in [4.78, 5) is 2.43. The first kappa shape index (κ1) is 12.7. The molecule has 2 aliphatic heterocycles. The van der Waals surface area contributed by atoms with E-state index in [9.17, 15) is 13.2 Å². The summed E-state index contributed by atoms with van der Waals surface area (Å²) in [6.07, 6.45) is -1.08. The molecule has 0 saturated carbocycles. The molecule has 7 heteroatoms. The summed E-state index contributed by atoms with van der Waals surface area (Å²) in [7, 11) is 0. The quantitative estimate of drug-likeness (QED) is 0.895. The van der Waals surface area contributed by atoms with Crippen molar-refractivity contribution in [1.82, 2.24) is 15.1 Å². The van der Waals surface area contributed by atoms with Crippen molar-refractivity contribution in [1.29, 1.82) is 0 Å². The normalized spacial score (nSPS) is 27.5. The number of hydrogen-bond donors (Lipinski definition) is 1. The lowest BCUT2D eigenvalue weighted by atomic mass is 10.1. The van der Waals surface area contributed by atoms with Crippen molar-refractivity contribution < 1.29 is 13.2 Å². The lowest BCUT2D eigenvalue weighted by molar-refractivity contribution is -0.141. The SMILES string of the molecule is FC(F)(F)c1ccc(NC2CCN3CCCC23)nn1. The molecule has 0 spiro atoms. The van der Waals surface area contributed by atoms with E-state index in [2.05, 4.69) is 20.4 Å². The van der Waals surface area contributed by atoms with E-state index in [-0.39, 0.29) is 6.04 Å². The van der Waals surface area contributed by atoms with Crippen LogP contribution in [0.1, 0.15) is 25.0 Å². The predicted molar refractivity (Wildman–Crippen MR) is 63.7 cm³/mol. The van der Waals surface area contributed by atoms with Gasteiger partial charge in [0.15, 0.2) is 5.69 Å². The molecule has 19 heavy (non-hydrogen) atoms. The molecule has 1 aromatic rings. The summed E-state index contributed by atoms with van der Waals surface area (Å²) in [5.41, 5.74) is -0.952. The summed E-state index contributed by atoms with van der Waals surface area (Å²) >= 11 is 0. The molecule has 2 atom stereocenters. The Labute approximate surface area is 109 Å². The van der Waals surface area contributed by atoms with Crippen molar-refractivity contribution in [3.8, 4) is 0 Å². The summed E-state index contributed by atoms with van der Waals surface area (Å²) in [5, 5.41) is 10.1. The molecule has 1 N–H and O–H groups in total. The topological polar surface area (TPSA) is 41.0 Å². The van der Waals surface area contributed by atoms with Gasteiger partial charge in [-0.3, -0.25) is 4.90 Å². The predicted octanol–water partition coefficient (Wildman–Crippen LogP) is 2.14. The van der Waals surface area contributed by atoms with Crippen LogP contribution >= 0.6 is 0 Å². The lowest BCUT2D eigenvalue weighted by Gasteiger charge is -2.21. The summed E-state index contributed by atoms with van der Waals surface area (Å²) in [5.74, 6) is 0.423. The van der Waals surface area contributed by atoms with Crippen LogP contribution in [0.25, 0.3) is 0 Å². The highest BCUT2D eigenvalue weighted by atomic mass is 19.4. The van der Waals surface area contributed by atoms with E-state index in [1.165, 1.54) is 12.5 Å². The molecule has 2 unspecified atom stereocenters. The van der Waals surface area contributed by atoms with Gasteiger partial charge in [0, 0.05) is 18.6 Å². The maximum Gasteiger partial charge on any atom is 0.435 e. The summed E-state index contributed by atoms with van der Waals surface area (Å²) in [6.45, 7) is 2.18. The maximum absolute atomic E-state index is 12.4. The summed E-state index contributed by atoms with van der Waals surface area (Å²) in [6, 6.07) is 3.09. The van der Waals surface area contributed by atoms with Gasteiger partial charge in [-0.2, -0.15) is 13.2 Å². The molecule has 0 aromatic carbocycles. The number of halogens is 3. The number of nitrogens with zero attached hydrogens (tertiary/aromatic N) is 3. The van der Waals surface area contributed by atoms with Gasteiger partial charge in [0.1, 0.15) is 5.82 Å². The molecule has 0 aliphatic carbocycles. The molecule has 2 fully saturated rings. The third kappa shape index (κ3) is 2.51. The fourth-order valence-corrected chi connectivity index (χ4v) is 3.00. The van der Waals surface area contributed by atoms with Crippen LogP contribution in [-0.2, 0) is 6.18 Å². The number of anilines is 1. The average molecular weight is 272 g/mol. The van der Waals surface area contributed by atoms with E-state index in [0.29, 0.717) is 11.9 Å². The Balaban J connectivity index is 1.67. The highest BCUT2D eigenvalue weighted by Crippen LogP contribution is 2.30. The van der Waals surface area contributed by atoms with Crippen molar-refractivity contribution in [2.24, 2.45) is 0 Å². The van der Waals surface area contributed by atoms with Gasteiger partial charge in [0.2, 0.25) is 0 Å². The van der Waals surface area contributed by atoms with E-state index in [1.54, 1.807) is 0 Å². The van der Waals surface area contributed by atoms with Crippen molar-refractivity contribution in [3.05, 3.63) is 17.8 Å². The van der Waals surface area contributed by atoms with Crippen molar-refractivity contribution in [2.45, 2.75) is 37.5 Å². The van der Waals surface area contributed by atoms with E-state index >= 15 is 0 Å². The van der Waals surface area contributed by atoms with Gasteiger partial charge in [-0.1, -0.05) is 0 Å². The Kier molecular flexibility index (Phi) is 3.08. The average Bonchev–Trinajstić information content (AvgIpc) is 2.94. The highest BCUT2D eigenvalue weighted by molar-refractivity contribution is 5.36. The second-order valence-electron chi connectivity index (χ2n) is 5.09. The highest BCUT2D eigenvalue weighted by Gasteiger charge is 2.37. The van der Waals surface area contributed by atoms with Gasteiger partial charge < -0.3 is 5.32 Å². The minimum Gasteiger partial charge on any atom is -0.364 e. The van der Waals surface area contributed by atoms with Crippen molar-refractivity contribution in [2.75, 3.05) is 18.4 Å². The Morgan fingerprint density at radius 1 is 1.16 bits per heavy atom. The maximum atomic E-state index is 12.4. The van der Waals surface area contributed by atoms with Gasteiger partial charge >= 0.3 is 6.18 Å². The van der Waals surface area contributed by atoms with Crippen LogP contribution in [0.15, 0.2) is 12.1 Å². The second-order valence-corrected chi connectivity index (χ2v) is 5.09. The van der Waals surface area contributed by atoms with E-state index in [0.717, 1.165) is 32.0 Å². The smallest absolute Gasteiger partial charge is 0.364 e. The zero-order chi connectivity index (χ0) is 13.5. The largest absolute Gasteiger partial charge is 0.435 e. The molecule has 3 rings (SSSR count). The van der Waals surface area contributed by atoms with E-state index < -0.39 is 11.9 Å². The fraction of sp³-hybridized carbons (Fsp3) is 0.667. The van der Waals surface area contributed by atoms with Crippen LogP contribution in [0.5, 0.6) is 0 Å². The zero-order valence-electron chi connectivity index (χ0n) is 10.3. The number of hydrogen-bond acceptors (Lipinski definition) is 4. The summed E-state index contributed by atoms with van der Waals surface area (Å²) < 4.78 is 37.1. The Hall–Kier alpha value is -1.37. The Morgan fingerprint density at radius 2 is 2.00 bits per heavy atom. The van der Waals surface area contributed by atoms with Gasteiger partial charge in [0.25, 0.3) is 0 Å². The molecule has 1 aromatic heterocycles. The second kappa shape index (κ2) is 4.63. The molecule has 3 heterocycles. The standard InChI is InChI=1S/C12H15F3N4/c13-12(14,15)10-3-4-11(18-17-10)16-8-5-7-19-6-1-2-9(8)19/h3-4,8-9H,1-2,5-7H2,(H,16,18). The minimum absolute atomic E-state index is 0.272. The Morgan fingerprint density at radius 3 is 2.68 bits per heavy atom. The number of fused-ring (bicyclic) bond motifs is 1. The fourth-order valence-electron chi connectivity index (χ4n) is 3.00. The molecule has 0 radical (unpaired) electrons.